The minimum Gasteiger partial charge on any atom is -0.380 e. The molecule has 0 heterocycles. The van der Waals surface area contributed by atoms with Gasteiger partial charge >= 0.3 is 0 Å². The molecular weight excluding hydrogens is 160 g/mol. The summed E-state index contributed by atoms with van der Waals surface area (Å²) in [6.07, 6.45) is 2.68. The zero-order valence-corrected chi connectivity index (χ0v) is 8.05. The highest BCUT2D eigenvalue weighted by molar-refractivity contribution is 5.38. The molecule has 0 aromatic heterocycles. The van der Waals surface area contributed by atoms with Gasteiger partial charge in [0.2, 0.25) is 0 Å². The third kappa shape index (κ3) is 1.92. The van der Waals surface area contributed by atoms with Gasteiger partial charge < -0.3 is 4.74 Å². The highest BCUT2D eigenvalue weighted by atomic mass is 16.5. The molecule has 1 fully saturated rings. The second-order valence-electron chi connectivity index (χ2n) is 3.74. The van der Waals surface area contributed by atoms with Crippen molar-refractivity contribution in [2.24, 2.45) is 0 Å². The maximum atomic E-state index is 5.07. The molecule has 1 aromatic carbocycles. The van der Waals surface area contributed by atoms with Crippen LogP contribution in [-0.2, 0) is 11.3 Å². The molecule has 0 atom stereocenters. The topological polar surface area (TPSA) is 9.23 Å². The smallest absolute Gasteiger partial charge is 0.0713 e. The number of hydrogen-bond acceptors (Lipinski definition) is 1. The van der Waals surface area contributed by atoms with E-state index in [1.807, 2.05) is 0 Å². The molecule has 1 aliphatic carbocycles. The van der Waals surface area contributed by atoms with E-state index in [4.69, 9.17) is 4.74 Å². The molecule has 69 valence electrons. The van der Waals surface area contributed by atoms with E-state index < -0.39 is 0 Å². The van der Waals surface area contributed by atoms with E-state index in [1.165, 1.54) is 29.5 Å². The lowest BCUT2D eigenvalue weighted by Crippen LogP contribution is -1.91. The molecule has 1 nitrogen and oxygen atoms in total. The van der Waals surface area contributed by atoms with Gasteiger partial charge in [0.25, 0.3) is 0 Å². The standard InChI is InChI=1S/C12H15O/c1-9-7-10(8-13-2)3-6-12(9)11-4-5-11/h3,6-7,11H,1,4-5,8H2,2H3. The van der Waals surface area contributed by atoms with Crippen molar-refractivity contribution < 1.29 is 4.74 Å². The number of benzene rings is 1. The molecule has 1 aliphatic rings. The Bertz CT molecular complexity index is 300. The Labute approximate surface area is 79.7 Å². The van der Waals surface area contributed by atoms with E-state index in [9.17, 15) is 0 Å². The van der Waals surface area contributed by atoms with Crippen LogP contribution in [0.5, 0.6) is 0 Å². The molecule has 2 rings (SSSR count). The van der Waals surface area contributed by atoms with Gasteiger partial charge in [-0.15, -0.1) is 0 Å². The maximum absolute atomic E-state index is 5.07. The van der Waals surface area contributed by atoms with Crippen molar-refractivity contribution in [1.82, 2.24) is 0 Å². The molecule has 0 unspecified atom stereocenters. The van der Waals surface area contributed by atoms with Gasteiger partial charge in [-0.1, -0.05) is 18.2 Å². The van der Waals surface area contributed by atoms with Gasteiger partial charge in [0.05, 0.1) is 6.61 Å². The second kappa shape index (κ2) is 3.51. The fourth-order valence-electron chi connectivity index (χ4n) is 1.71. The van der Waals surface area contributed by atoms with Crippen LogP contribution < -0.4 is 0 Å². The van der Waals surface area contributed by atoms with Gasteiger partial charge in [0.1, 0.15) is 0 Å². The van der Waals surface area contributed by atoms with Crippen molar-refractivity contribution in [2.45, 2.75) is 25.4 Å². The van der Waals surface area contributed by atoms with Crippen molar-refractivity contribution in [3.8, 4) is 0 Å². The van der Waals surface area contributed by atoms with Crippen LogP contribution in [0.3, 0.4) is 0 Å². The van der Waals surface area contributed by atoms with Gasteiger partial charge in [-0.3, -0.25) is 0 Å². The molecule has 0 spiro atoms. The van der Waals surface area contributed by atoms with Crippen LogP contribution in [-0.4, -0.2) is 7.11 Å². The average Bonchev–Trinajstić information content (AvgIpc) is 2.88. The zero-order valence-electron chi connectivity index (χ0n) is 8.05. The SMILES string of the molecule is [CH2]c1cc(COC)ccc1C1CC1. The fraction of sp³-hybridized carbons (Fsp3) is 0.417. The molecule has 0 bridgehead atoms. The van der Waals surface area contributed by atoms with Crippen LogP contribution in [0, 0.1) is 6.92 Å². The van der Waals surface area contributed by atoms with E-state index in [-0.39, 0.29) is 0 Å². The van der Waals surface area contributed by atoms with Crippen LogP contribution in [0.4, 0.5) is 0 Å². The number of ether oxygens (including phenoxy) is 1. The van der Waals surface area contributed by atoms with Crippen molar-refractivity contribution >= 4 is 0 Å². The summed E-state index contributed by atoms with van der Waals surface area (Å²) in [5.74, 6) is 0.795. The summed E-state index contributed by atoms with van der Waals surface area (Å²) in [6.45, 7) is 4.76. The third-order valence-electron chi connectivity index (χ3n) is 2.54. The maximum Gasteiger partial charge on any atom is 0.0713 e. The van der Waals surface area contributed by atoms with E-state index >= 15 is 0 Å². The minimum atomic E-state index is 0.688. The summed E-state index contributed by atoms with van der Waals surface area (Å²) in [5.41, 5.74) is 3.83. The Hall–Kier alpha value is -0.820. The Morgan fingerprint density at radius 1 is 1.46 bits per heavy atom. The summed E-state index contributed by atoms with van der Waals surface area (Å²) in [6, 6.07) is 6.48. The molecule has 1 aromatic rings. The van der Waals surface area contributed by atoms with Crippen molar-refractivity contribution in [3.63, 3.8) is 0 Å². The molecule has 0 saturated heterocycles. The first-order chi connectivity index (χ1) is 6.31. The molecule has 0 N–H and O–H groups in total. The first kappa shape index (κ1) is 8.76. The van der Waals surface area contributed by atoms with E-state index in [0.29, 0.717) is 6.61 Å². The summed E-state index contributed by atoms with van der Waals surface area (Å²) in [7, 11) is 1.72. The fourth-order valence-corrected chi connectivity index (χ4v) is 1.71. The lowest BCUT2D eigenvalue weighted by atomic mass is 10.0. The first-order valence-corrected chi connectivity index (χ1v) is 4.75. The Morgan fingerprint density at radius 2 is 2.23 bits per heavy atom. The second-order valence-corrected chi connectivity index (χ2v) is 3.74. The predicted molar refractivity (Wildman–Crippen MR) is 53.6 cm³/mol. The normalized spacial score (nSPS) is 16.2. The summed E-state index contributed by atoms with van der Waals surface area (Å²) < 4.78 is 5.07. The van der Waals surface area contributed by atoms with Crippen LogP contribution in [0.2, 0.25) is 0 Å². The highest BCUT2D eigenvalue weighted by Crippen LogP contribution is 2.41. The largest absolute Gasteiger partial charge is 0.380 e. The number of rotatable bonds is 3. The van der Waals surface area contributed by atoms with Gasteiger partial charge in [0, 0.05) is 7.11 Å². The lowest BCUT2D eigenvalue weighted by molar-refractivity contribution is 0.185. The third-order valence-corrected chi connectivity index (χ3v) is 2.54. The van der Waals surface area contributed by atoms with Crippen LogP contribution in [0.15, 0.2) is 18.2 Å². The zero-order chi connectivity index (χ0) is 9.26. The predicted octanol–water partition coefficient (Wildman–Crippen LogP) is 2.89. The van der Waals surface area contributed by atoms with Gasteiger partial charge in [-0.2, -0.15) is 0 Å². The summed E-state index contributed by atoms with van der Waals surface area (Å²) in [5, 5.41) is 0. The summed E-state index contributed by atoms with van der Waals surface area (Å²) >= 11 is 0. The van der Waals surface area contributed by atoms with Gasteiger partial charge in [-0.05, 0) is 42.4 Å². The van der Waals surface area contributed by atoms with Crippen LogP contribution >= 0.6 is 0 Å². The van der Waals surface area contributed by atoms with Crippen molar-refractivity contribution in [2.75, 3.05) is 7.11 Å². The molecular formula is C12H15O. The van der Waals surface area contributed by atoms with Crippen LogP contribution in [0.1, 0.15) is 35.4 Å². The molecule has 13 heavy (non-hydrogen) atoms. The van der Waals surface area contributed by atoms with Gasteiger partial charge in [0.15, 0.2) is 0 Å². The quantitative estimate of drug-likeness (QED) is 0.686. The van der Waals surface area contributed by atoms with Gasteiger partial charge in [-0.25, -0.2) is 0 Å². The average molecular weight is 175 g/mol. The molecule has 0 aliphatic heterocycles. The molecule has 0 amide bonds. The van der Waals surface area contributed by atoms with Crippen LogP contribution in [0.25, 0.3) is 0 Å². The van der Waals surface area contributed by atoms with Crippen molar-refractivity contribution in [3.05, 3.63) is 41.8 Å². The Kier molecular flexibility index (Phi) is 2.36. The summed E-state index contributed by atoms with van der Waals surface area (Å²) in [4.78, 5) is 0. The van der Waals surface area contributed by atoms with E-state index in [2.05, 4.69) is 25.1 Å². The molecule has 1 heteroatoms. The number of hydrogen-bond donors (Lipinski definition) is 0. The van der Waals surface area contributed by atoms with E-state index in [0.717, 1.165) is 5.92 Å². The Morgan fingerprint density at radius 3 is 2.77 bits per heavy atom. The highest BCUT2D eigenvalue weighted by Gasteiger charge is 2.24. The Balaban J connectivity index is 2.21. The number of methoxy groups -OCH3 is 1. The molecule has 1 saturated carbocycles. The lowest BCUT2D eigenvalue weighted by Gasteiger charge is -2.06. The minimum absolute atomic E-state index is 0.688. The molecule has 1 radical (unpaired) electrons. The van der Waals surface area contributed by atoms with E-state index in [1.54, 1.807) is 7.11 Å². The van der Waals surface area contributed by atoms with Crippen molar-refractivity contribution in [1.29, 1.82) is 0 Å². The first-order valence-electron chi connectivity index (χ1n) is 4.75. The monoisotopic (exact) mass is 175 g/mol.